The number of carbonyl (C=O) groups excluding carboxylic acids is 1. The molecule has 1 saturated carbocycles. The van der Waals surface area contributed by atoms with E-state index in [1.54, 1.807) is 6.20 Å². The van der Waals surface area contributed by atoms with Crippen LogP contribution in [0.5, 0.6) is 0 Å². The minimum atomic E-state index is 0.178. The first-order valence-corrected chi connectivity index (χ1v) is 4.92. The quantitative estimate of drug-likeness (QED) is 0.625. The van der Waals surface area contributed by atoms with E-state index in [2.05, 4.69) is 11.4 Å². The average molecular weight is 188 g/mol. The van der Waals surface area contributed by atoms with Crippen LogP contribution in [0.25, 0.3) is 0 Å². The Kier molecular flexibility index (Phi) is 2.36. The van der Waals surface area contributed by atoms with Crippen molar-refractivity contribution in [2.75, 3.05) is 6.54 Å². The van der Waals surface area contributed by atoms with Gasteiger partial charge in [0.15, 0.2) is 5.78 Å². The zero-order valence-corrected chi connectivity index (χ0v) is 7.97. The van der Waals surface area contributed by atoms with Crippen molar-refractivity contribution in [3.63, 3.8) is 0 Å². The molecular formula is C11H12N2O. The standard InChI is InChI=1S/C11H12N2O/c12-5-8-6-13-7-10-9(8)3-1-2-4-11(10)14/h7,13H,1-4,6H2. The zero-order chi connectivity index (χ0) is 9.97. The molecule has 0 spiro atoms. The van der Waals surface area contributed by atoms with E-state index in [4.69, 9.17) is 5.26 Å². The molecule has 14 heavy (non-hydrogen) atoms. The summed E-state index contributed by atoms with van der Waals surface area (Å²) in [6.45, 7) is 0.572. The fraction of sp³-hybridized carbons (Fsp3) is 0.455. The molecular weight excluding hydrogens is 176 g/mol. The predicted molar refractivity (Wildman–Crippen MR) is 52.2 cm³/mol. The number of nitrogens with one attached hydrogen (secondary N) is 1. The van der Waals surface area contributed by atoms with Crippen LogP contribution in [0.2, 0.25) is 0 Å². The van der Waals surface area contributed by atoms with Crippen LogP contribution >= 0.6 is 0 Å². The summed E-state index contributed by atoms with van der Waals surface area (Å²) in [6, 6.07) is 2.18. The van der Waals surface area contributed by atoms with Crippen LogP contribution in [-0.2, 0) is 4.79 Å². The molecule has 1 aliphatic heterocycles. The summed E-state index contributed by atoms with van der Waals surface area (Å²) in [5.74, 6) is 0.178. The van der Waals surface area contributed by atoms with Gasteiger partial charge in [-0.05, 0) is 24.8 Å². The van der Waals surface area contributed by atoms with Crippen LogP contribution in [0, 0.1) is 11.3 Å². The number of dihydropyridines is 1. The van der Waals surface area contributed by atoms with Gasteiger partial charge >= 0.3 is 0 Å². The molecule has 3 nitrogen and oxygen atoms in total. The van der Waals surface area contributed by atoms with Crippen molar-refractivity contribution in [1.29, 1.82) is 5.26 Å². The van der Waals surface area contributed by atoms with Crippen LogP contribution in [0.3, 0.4) is 0 Å². The number of hydrogen-bond acceptors (Lipinski definition) is 3. The lowest BCUT2D eigenvalue weighted by molar-refractivity contribution is -0.115. The molecule has 0 aromatic heterocycles. The first-order chi connectivity index (χ1) is 6.83. The number of nitrogens with zero attached hydrogens (tertiary/aromatic N) is 1. The third-order valence-electron chi connectivity index (χ3n) is 2.73. The molecule has 1 aliphatic carbocycles. The van der Waals surface area contributed by atoms with E-state index < -0.39 is 0 Å². The molecule has 2 rings (SSSR count). The number of ketones is 1. The van der Waals surface area contributed by atoms with Gasteiger partial charge in [-0.1, -0.05) is 0 Å². The normalized spacial score (nSPS) is 21.6. The van der Waals surface area contributed by atoms with E-state index in [1.807, 2.05) is 0 Å². The summed E-state index contributed by atoms with van der Waals surface area (Å²) in [7, 11) is 0. The number of hydrogen-bond donors (Lipinski definition) is 1. The lowest BCUT2D eigenvalue weighted by Crippen LogP contribution is -2.20. The van der Waals surface area contributed by atoms with E-state index in [0.717, 1.165) is 36.0 Å². The Morgan fingerprint density at radius 2 is 2.14 bits per heavy atom. The Bertz CT molecular complexity index is 371. The lowest BCUT2D eigenvalue weighted by atomic mass is 9.94. The minimum Gasteiger partial charge on any atom is -0.385 e. The summed E-state index contributed by atoms with van der Waals surface area (Å²) in [5, 5.41) is 11.9. The molecule has 1 heterocycles. The second-order valence-corrected chi connectivity index (χ2v) is 3.64. The number of nitriles is 1. The zero-order valence-electron chi connectivity index (χ0n) is 7.97. The van der Waals surface area contributed by atoms with Crippen molar-refractivity contribution >= 4 is 5.78 Å². The molecule has 0 unspecified atom stereocenters. The first kappa shape index (κ1) is 9.01. The first-order valence-electron chi connectivity index (χ1n) is 4.92. The van der Waals surface area contributed by atoms with E-state index in [-0.39, 0.29) is 5.78 Å². The molecule has 0 saturated heterocycles. The van der Waals surface area contributed by atoms with Crippen molar-refractivity contribution in [2.45, 2.75) is 25.7 Å². The summed E-state index contributed by atoms with van der Waals surface area (Å²) >= 11 is 0. The molecule has 3 heteroatoms. The highest BCUT2D eigenvalue weighted by Crippen LogP contribution is 2.28. The largest absolute Gasteiger partial charge is 0.385 e. The average Bonchev–Trinajstić information content (AvgIpc) is 2.41. The number of allylic oxidation sites excluding steroid dienone is 2. The number of carbonyl (C=O) groups is 1. The number of fused-ring (bicyclic) bond motifs is 1. The molecule has 0 aromatic rings. The number of rotatable bonds is 0. The molecule has 0 bridgehead atoms. The van der Waals surface area contributed by atoms with Gasteiger partial charge in [0, 0.05) is 24.7 Å². The SMILES string of the molecule is N#CC1=C2CCCCC(=O)C2=CNC1. The molecule has 0 atom stereocenters. The Labute approximate surface area is 83.1 Å². The van der Waals surface area contributed by atoms with Crippen LogP contribution in [0.15, 0.2) is 22.9 Å². The number of Topliss-reactive ketones (excluding diaryl/α,β-unsaturated/α-hetero) is 1. The third-order valence-corrected chi connectivity index (χ3v) is 2.73. The molecule has 0 aromatic carbocycles. The van der Waals surface area contributed by atoms with Crippen molar-refractivity contribution < 1.29 is 4.79 Å². The highest BCUT2D eigenvalue weighted by Gasteiger charge is 2.23. The molecule has 2 aliphatic rings. The molecule has 0 amide bonds. The van der Waals surface area contributed by atoms with E-state index in [9.17, 15) is 4.79 Å². The molecule has 1 N–H and O–H groups in total. The highest BCUT2D eigenvalue weighted by atomic mass is 16.1. The van der Waals surface area contributed by atoms with Crippen LogP contribution in [-0.4, -0.2) is 12.3 Å². The van der Waals surface area contributed by atoms with Crippen molar-refractivity contribution in [1.82, 2.24) is 5.32 Å². The van der Waals surface area contributed by atoms with Gasteiger partial charge in [0.1, 0.15) is 0 Å². The monoisotopic (exact) mass is 188 g/mol. The Hall–Kier alpha value is -1.56. The van der Waals surface area contributed by atoms with Crippen LogP contribution < -0.4 is 5.32 Å². The maximum atomic E-state index is 11.7. The maximum Gasteiger partial charge on any atom is 0.164 e. The summed E-state index contributed by atoms with van der Waals surface area (Å²) in [4.78, 5) is 11.7. The van der Waals surface area contributed by atoms with E-state index >= 15 is 0 Å². The van der Waals surface area contributed by atoms with Crippen molar-refractivity contribution in [2.24, 2.45) is 0 Å². The molecule has 0 radical (unpaired) electrons. The van der Waals surface area contributed by atoms with E-state index in [1.165, 1.54) is 0 Å². The second kappa shape index (κ2) is 3.67. The Morgan fingerprint density at radius 3 is 2.93 bits per heavy atom. The Morgan fingerprint density at radius 1 is 1.36 bits per heavy atom. The van der Waals surface area contributed by atoms with Gasteiger partial charge in [0.25, 0.3) is 0 Å². The third kappa shape index (κ3) is 1.44. The van der Waals surface area contributed by atoms with Crippen LogP contribution in [0.1, 0.15) is 25.7 Å². The predicted octanol–water partition coefficient (Wildman–Crippen LogP) is 1.44. The van der Waals surface area contributed by atoms with Gasteiger partial charge in [-0.15, -0.1) is 0 Å². The van der Waals surface area contributed by atoms with Gasteiger partial charge < -0.3 is 5.32 Å². The van der Waals surface area contributed by atoms with Gasteiger partial charge in [0.05, 0.1) is 11.6 Å². The van der Waals surface area contributed by atoms with Gasteiger partial charge in [0.2, 0.25) is 0 Å². The highest BCUT2D eigenvalue weighted by molar-refractivity contribution is 6.00. The fourth-order valence-electron chi connectivity index (χ4n) is 1.97. The van der Waals surface area contributed by atoms with Gasteiger partial charge in [-0.2, -0.15) is 5.26 Å². The Balaban J connectivity index is 2.44. The minimum absolute atomic E-state index is 0.178. The van der Waals surface area contributed by atoms with Gasteiger partial charge in [-0.25, -0.2) is 0 Å². The van der Waals surface area contributed by atoms with Crippen molar-refractivity contribution in [3.8, 4) is 6.07 Å². The summed E-state index contributed by atoms with van der Waals surface area (Å²) < 4.78 is 0. The van der Waals surface area contributed by atoms with E-state index in [0.29, 0.717) is 13.0 Å². The summed E-state index contributed by atoms with van der Waals surface area (Å²) in [6.07, 6.45) is 5.23. The topological polar surface area (TPSA) is 52.9 Å². The fourth-order valence-corrected chi connectivity index (χ4v) is 1.97. The maximum absolute atomic E-state index is 11.7. The van der Waals surface area contributed by atoms with Crippen LogP contribution in [0.4, 0.5) is 0 Å². The lowest BCUT2D eigenvalue weighted by Gasteiger charge is -2.16. The second-order valence-electron chi connectivity index (χ2n) is 3.64. The van der Waals surface area contributed by atoms with Gasteiger partial charge in [-0.3, -0.25) is 4.79 Å². The summed E-state index contributed by atoms with van der Waals surface area (Å²) in [5.41, 5.74) is 2.46. The molecule has 1 fully saturated rings. The molecule has 72 valence electrons. The smallest absolute Gasteiger partial charge is 0.164 e. The van der Waals surface area contributed by atoms with Crippen molar-refractivity contribution in [3.05, 3.63) is 22.9 Å².